The van der Waals surface area contributed by atoms with E-state index in [0.29, 0.717) is 13.0 Å². The maximum atomic E-state index is 13.1. The minimum Gasteiger partial charge on any atom is -0.501 e. The number of carbonyl (C=O) groups excluding carboxylic acids is 3. The third-order valence-corrected chi connectivity index (χ3v) is 10.6. The molecule has 7 heteroatoms. The van der Waals surface area contributed by atoms with Crippen molar-refractivity contribution in [2.75, 3.05) is 6.61 Å². The highest BCUT2D eigenvalue weighted by Gasteiger charge is 2.69. The molecule has 0 aromatic carbocycles. The van der Waals surface area contributed by atoms with Gasteiger partial charge < -0.3 is 18.9 Å². The maximum Gasteiger partial charge on any atom is 0.331 e. The van der Waals surface area contributed by atoms with Crippen molar-refractivity contribution in [2.45, 2.75) is 86.0 Å². The molecule has 2 aliphatic heterocycles. The molecule has 0 amide bonds. The Morgan fingerprint density at radius 1 is 1.00 bits per heavy atom. The molecule has 0 N–H and O–H groups in total. The molecule has 0 bridgehead atoms. The first kappa shape index (κ1) is 26.1. The number of rotatable bonds is 3. The summed E-state index contributed by atoms with van der Waals surface area (Å²) in [5.74, 6) is -0.793. The van der Waals surface area contributed by atoms with Gasteiger partial charge in [-0.3, -0.25) is 9.59 Å². The van der Waals surface area contributed by atoms with Crippen LogP contribution in [0, 0.1) is 39.4 Å². The van der Waals surface area contributed by atoms with E-state index in [0.717, 1.165) is 18.4 Å². The zero-order chi connectivity index (χ0) is 27.0. The molecule has 0 saturated heterocycles. The lowest BCUT2D eigenvalue weighted by Gasteiger charge is -2.68. The summed E-state index contributed by atoms with van der Waals surface area (Å²) in [6, 6.07) is 0. The van der Waals surface area contributed by atoms with Gasteiger partial charge in [0, 0.05) is 36.2 Å². The molecule has 4 unspecified atom stereocenters. The van der Waals surface area contributed by atoms with E-state index in [1.54, 1.807) is 12.3 Å². The Balaban J connectivity index is 1.64. The zero-order valence-corrected chi connectivity index (χ0v) is 23.0. The first-order valence-electron chi connectivity index (χ1n) is 13.5. The summed E-state index contributed by atoms with van der Waals surface area (Å²) in [7, 11) is 0. The monoisotopic (exact) mass is 512 g/mol. The molecule has 0 aromatic heterocycles. The third-order valence-electron chi connectivity index (χ3n) is 10.6. The Kier molecular flexibility index (Phi) is 5.96. The quantitative estimate of drug-likeness (QED) is 0.302. The van der Waals surface area contributed by atoms with Gasteiger partial charge in [-0.25, -0.2) is 4.79 Å². The van der Waals surface area contributed by atoms with Gasteiger partial charge in [-0.1, -0.05) is 40.7 Å². The van der Waals surface area contributed by atoms with Gasteiger partial charge in [0.25, 0.3) is 0 Å². The number of esters is 3. The molecule has 2 heterocycles. The average molecular weight is 513 g/mol. The molecule has 2 fully saturated rings. The van der Waals surface area contributed by atoms with Crippen LogP contribution in [0.1, 0.15) is 67.7 Å². The highest BCUT2D eigenvalue weighted by Crippen LogP contribution is 2.71. The van der Waals surface area contributed by atoms with Crippen LogP contribution in [-0.2, 0) is 33.3 Å². The lowest BCUT2D eigenvalue weighted by molar-refractivity contribution is -0.205. The summed E-state index contributed by atoms with van der Waals surface area (Å²) < 4.78 is 23.4. The van der Waals surface area contributed by atoms with E-state index >= 15 is 0 Å². The van der Waals surface area contributed by atoms with E-state index in [9.17, 15) is 14.4 Å². The summed E-state index contributed by atoms with van der Waals surface area (Å²) in [5, 5.41) is 0. The van der Waals surface area contributed by atoms with Crippen molar-refractivity contribution in [3.8, 4) is 0 Å². The zero-order valence-electron chi connectivity index (χ0n) is 23.0. The van der Waals surface area contributed by atoms with E-state index in [1.165, 1.54) is 13.8 Å². The van der Waals surface area contributed by atoms with Crippen LogP contribution in [0.25, 0.3) is 0 Å². The number of hydrogen-bond donors (Lipinski definition) is 0. The third kappa shape index (κ3) is 3.70. The average Bonchev–Trinajstić information content (AvgIpc) is 3.32. The van der Waals surface area contributed by atoms with Crippen molar-refractivity contribution in [3.63, 3.8) is 0 Å². The number of allylic oxidation sites excluding steroid dienone is 1. The molecule has 0 spiro atoms. The van der Waals surface area contributed by atoms with Crippen molar-refractivity contribution >= 4 is 17.9 Å². The van der Waals surface area contributed by atoms with Gasteiger partial charge in [0.1, 0.15) is 18.3 Å². The maximum absolute atomic E-state index is 13.1. The van der Waals surface area contributed by atoms with Gasteiger partial charge >= 0.3 is 17.9 Å². The van der Waals surface area contributed by atoms with Crippen molar-refractivity contribution < 1.29 is 33.3 Å². The Bertz CT molecular complexity index is 1100. The Hall–Kier alpha value is -2.57. The van der Waals surface area contributed by atoms with Crippen LogP contribution in [0.4, 0.5) is 0 Å². The van der Waals surface area contributed by atoms with E-state index in [2.05, 4.69) is 40.7 Å². The molecule has 5 rings (SSSR count). The number of hydrogen-bond acceptors (Lipinski definition) is 7. The standard InChI is InChI=1S/C30H40O7/c1-17(31)35-23-9-12-28(5)20-8-11-29(6)22(15-25(33)37-26(29)19-10-13-34-16-19)30(20,7)24(36-18(2)32)14-21(28)27(23,3)4/h9-10,12-13,15,19-21,23-24,26H,8,11,14,16H2,1-7H3/t19?,20?,21?,23?,24-,26-,28-,29-,30-/m1/s1. The first-order valence-corrected chi connectivity index (χ1v) is 13.5. The second-order valence-corrected chi connectivity index (χ2v) is 13.0. The van der Waals surface area contributed by atoms with E-state index in [1.807, 2.05) is 12.2 Å². The van der Waals surface area contributed by atoms with Gasteiger partial charge in [-0.15, -0.1) is 0 Å². The van der Waals surface area contributed by atoms with Crippen LogP contribution < -0.4 is 0 Å². The molecule has 5 aliphatic rings. The van der Waals surface area contributed by atoms with Crippen LogP contribution in [0.2, 0.25) is 0 Å². The molecule has 202 valence electrons. The smallest absolute Gasteiger partial charge is 0.331 e. The Morgan fingerprint density at radius 2 is 1.70 bits per heavy atom. The normalized spacial score (nSPS) is 45.4. The summed E-state index contributed by atoms with van der Waals surface area (Å²) in [6.45, 7) is 14.3. The SMILES string of the molecule is CC(=O)OC1C=C[C@@]2(C)C(C[C@@H](OC(C)=O)[C@@]3(C)C4=CC(=O)O[C@H](C5C=COC5)[C@]4(C)CCC23)C1(C)C. The predicted octanol–water partition coefficient (Wildman–Crippen LogP) is 4.91. The summed E-state index contributed by atoms with van der Waals surface area (Å²) in [4.78, 5) is 37.4. The molecule has 9 atom stereocenters. The molecule has 2 saturated carbocycles. The minimum absolute atomic E-state index is 0.0186. The first-order chi connectivity index (χ1) is 17.2. The Morgan fingerprint density at radius 3 is 2.32 bits per heavy atom. The van der Waals surface area contributed by atoms with E-state index in [4.69, 9.17) is 18.9 Å². The molecule has 0 radical (unpaired) electrons. The van der Waals surface area contributed by atoms with Crippen molar-refractivity contribution in [1.29, 1.82) is 0 Å². The summed E-state index contributed by atoms with van der Waals surface area (Å²) >= 11 is 0. The lowest BCUT2D eigenvalue weighted by atomic mass is 9.38. The van der Waals surface area contributed by atoms with Crippen molar-refractivity contribution in [3.05, 3.63) is 36.1 Å². The fraction of sp³-hybridized carbons (Fsp3) is 0.700. The molecular weight excluding hydrogens is 472 g/mol. The molecule has 7 nitrogen and oxygen atoms in total. The number of ether oxygens (including phenoxy) is 4. The van der Waals surface area contributed by atoms with Gasteiger partial charge in [0.15, 0.2) is 0 Å². The van der Waals surface area contributed by atoms with Crippen LogP contribution in [0.3, 0.4) is 0 Å². The molecule has 0 aromatic rings. The van der Waals surface area contributed by atoms with Gasteiger partial charge in [-0.2, -0.15) is 0 Å². The van der Waals surface area contributed by atoms with E-state index in [-0.39, 0.29) is 58.7 Å². The molecule has 37 heavy (non-hydrogen) atoms. The minimum atomic E-state index is -0.570. The van der Waals surface area contributed by atoms with Crippen LogP contribution >= 0.6 is 0 Å². The van der Waals surface area contributed by atoms with Gasteiger partial charge in [0.05, 0.1) is 18.8 Å². The largest absolute Gasteiger partial charge is 0.501 e. The summed E-state index contributed by atoms with van der Waals surface area (Å²) in [6.07, 6.45) is 10.9. The van der Waals surface area contributed by atoms with Crippen molar-refractivity contribution in [2.24, 2.45) is 39.4 Å². The van der Waals surface area contributed by atoms with Crippen LogP contribution in [0.15, 0.2) is 36.1 Å². The second kappa shape index (κ2) is 8.47. The topological polar surface area (TPSA) is 88.1 Å². The number of fused-ring (bicyclic) bond motifs is 5. The number of cyclic esters (lactones) is 1. The fourth-order valence-electron chi connectivity index (χ4n) is 8.96. The van der Waals surface area contributed by atoms with Crippen LogP contribution in [-0.4, -0.2) is 42.8 Å². The van der Waals surface area contributed by atoms with Gasteiger partial charge in [-0.05, 0) is 54.2 Å². The Labute approximate surface area is 219 Å². The highest BCUT2D eigenvalue weighted by atomic mass is 16.6. The summed E-state index contributed by atoms with van der Waals surface area (Å²) in [5.41, 5.74) is -0.570. The highest BCUT2D eigenvalue weighted by molar-refractivity contribution is 5.85. The second-order valence-electron chi connectivity index (χ2n) is 13.0. The van der Waals surface area contributed by atoms with Crippen molar-refractivity contribution in [1.82, 2.24) is 0 Å². The molecular formula is C30H40O7. The number of carbonyl (C=O) groups is 3. The van der Waals surface area contributed by atoms with Crippen LogP contribution in [0.5, 0.6) is 0 Å². The van der Waals surface area contributed by atoms with E-state index < -0.39 is 16.9 Å². The van der Waals surface area contributed by atoms with Gasteiger partial charge in [0.2, 0.25) is 0 Å². The lowest BCUT2D eigenvalue weighted by Crippen LogP contribution is -2.66. The molecule has 3 aliphatic carbocycles. The predicted molar refractivity (Wildman–Crippen MR) is 136 cm³/mol. The fourth-order valence-corrected chi connectivity index (χ4v) is 8.96.